The number of carbonyl (C=O) groups is 1. The van der Waals surface area contributed by atoms with Crippen molar-refractivity contribution in [2.24, 2.45) is 0 Å². The molecule has 25 heavy (non-hydrogen) atoms. The Morgan fingerprint density at radius 2 is 1.76 bits per heavy atom. The van der Waals surface area contributed by atoms with Crippen molar-refractivity contribution in [1.82, 2.24) is 4.90 Å². The Bertz CT molecular complexity index is 835. The van der Waals surface area contributed by atoms with Crippen LogP contribution >= 0.6 is 0 Å². The van der Waals surface area contributed by atoms with Gasteiger partial charge in [0.2, 0.25) is 5.78 Å². The van der Waals surface area contributed by atoms with Crippen molar-refractivity contribution in [2.45, 2.75) is 0 Å². The molecule has 0 aliphatic carbocycles. The summed E-state index contributed by atoms with van der Waals surface area (Å²) in [4.78, 5) is 17.1. The number of likely N-dealkylation sites (N-methyl/N-ethyl adjacent to an activating group) is 1. The molecule has 5 heteroatoms. The summed E-state index contributed by atoms with van der Waals surface area (Å²) in [6, 6.07) is 12.7. The Hall–Kier alpha value is -2.79. The van der Waals surface area contributed by atoms with E-state index in [0.29, 0.717) is 11.3 Å². The SMILES string of the molecule is CN1CCN(c2ccc(/C=C3\Oc4cc(O)ccc4C3=O)cc2)CC1. The lowest BCUT2D eigenvalue weighted by atomic mass is 10.1. The van der Waals surface area contributed by atoms with E-state index in [9.17, 15) is 9.90 Å². The number of aromatic hydroxyl groups is 1. The third-order valence-electron chi connectivity index (χ3n) is 4.71. The molecule has 2 aliphatic heterocycles. The number of allylic oxidation sites excluding steroid dienone is 1. The number of anilines is 1. The fraction of sp³-hybridized carbons (Fsp3) is 0.250. The molecule has 0 saturated carbocycles. The normalized spacial score (nSPS) is 19.2. The van der Waals surface area contributed by atoms with E-state index in [1.165, 1.54) is 17.8 Å². The van der Waals surface area contributed by atoms with Gasteiger partial charge >= 0.3 is 0 Å². The number of hydrogen-bond acceptors (Lipinski definition) is 5. The lowest BCUT2D eigenvalue weighted by molar-refractivity contribution is 0.101. The summed E-state index contributed by atoms with van der Waals surface area (Å²) >= 11 is 0. The number of ether oxygens (including phenoxy) is 1. The second-order valence-electron chi connectivity index (χ2n) is 6.50. The molecule has 128 valence electrons. The van der Waals surface area contributed by atoms with Crippen molar-refractivity contribution >= 4 is 17.5 Å². The van der Waals surface area contributed by atoms with Crippen LogP contribution in [0.5, 0.6) is 11.5 Å². The van der Waals surface area contributed by atoms with Crippen molar-refractivity contribution in [3.63, 3.8) is 0 Å². The molecule has 0 radical (unpaired) electrons. The van der Waals surface area contributed by atoms with Gasteiger partial charge in [0.05, 0.1) is 5.56 Å². The zero-order chi connectivity index (χ0) is 17.4. The predicted octanol–water partition coefficient (Wildman–Crippen LogP) is 2.76. The molecule has 2 heterocycles. The summed E-state index contributed by atoms with van der Waals surface area (Å²) in [6.45, 7) is 4.19. The summed E-state index contributed by atoms with van der Waals surface area (Å²) in [7, 11) is 2.14. The van der Waals surface area contributed by atoms with Gasteiger partial charge in [-0.15, -0.1) is 0 Å². The molecular formula is C20H20N2O3. The van der Waals surface area contributed by atoms with Gasteiger partial charge in [0.1, 0.15) is 11.5 Å². The quantitative estimate of drug-likeness (QED) is 0.855. The summed E-state index contributed by atoms with van der Waals surface area (Å²) in [5.41, 5.74) is 2.60. The summed E-state index contributed by atoms with van der Waals surface area (Å²) in [5, 5.41) is 9.51. The van der Waals surface area contributed by atoms with E-state index in [-0.39, 0.29) is 17.3 Å². The van der Waals surface area contributed by atoms with Gasteiger partial charge in [0.15, 0.2) is 5.76 Å². The van der Waals surface area contributed by atoms with Crippen molar-refractivity contribution in [1.29, 1.82) is 0 Å². The predicted molar refractivity (Wildman–Crippen MR) is 97.2 cm³/mol. The van der Waals surface area contributed by atoms with Gasteiger partial charge in [0, 0.05) is 37.9 Å². The molecule has 2 aromatic rings. The highest BCUT2D eigenvalue weighted by Crippen LogP contribution is 2.34. The Morgan fingerprint density at radius 1 is 1.04 bits per heavy atom. The van der Waals surface area contributed by atoms with Crippen LogP contribution in [0.4, 0.5) is 5.69 Å². The largest absolute Gasteiger partial charge is 0.508 e. The first-order valence-electron chi connectivity index (χ1n) is 8.41. The van der Waals surface area contributed by atoms with Gasteiger partial charge in [-0.05, 0) is 43.0 Å². The third-order valence-corrected chi connectivity index (χ3v) is 4.71. The number of hydrogen-bond donors (Lipinski definition) is 1. The molecule has 0 bridgehead atoms. The van der Waals surface area contributed by atoms with Gasteiger partial charge in [-0.25, -0.2) is 0 Å². The molecule has 1 fully saturated rings. The summed E-state index contributed by atoms with van der Waals surface area (Å²) in [5.74, 6) is 0.626. The van der Waals surface area contributed by atoms with Crippen molar-refractivity contribution in [3.8, 4) is 11.5 Å². The molecule has 4 rings (SSSR count). The van der Waals surface area contributed by atoms with E-state index in [1.54, 1.807) is 12.1 Å². The fourth-order valence-electron chi connectivity index (χ4n) is 3.17. The molecule has 1 saturated heterocycles. The molecule has 1 N–H and O–H groups in total. The maximum absolute atomic E-state index is 12.4. The molecular weight excluding hydrogens is 316 g/mol. The van der Waals surface area contributed by atoms with Crippen molar-refractivity contribution in [2.75, 3.05) is 38.1 Å². The third kappa shape index (κ3) is 3.10. The second-order valence-corrected chi connectivity index (χ2v) is 6.50. The van der Waals surface area contributed by atoms with Gasteiger partial charge in [-0.2, -0.15) is 0 Å². The van der Waals surface area contributed by atoms with Gasteiger partial charge in [-0.3, -0.25) is 4.79 Å². The summed E-state index contributed by atoms with van der Waals surface area (Å²) < 4.78 is 5.60. The first kappa shape index (κ1) is 15.7. The zero-order valence-corrected chi connectivity index (χ0v) is 14.1. The molecule has 0 amide bonds. The maximum atomic E-state index is 12.4. The number of phenols is 1. The molecule has 0 aromatic heterocycles. The highest BCUT2D eigenvalue weighted by atomic mass is 16.5. The van der Waals surface area contributed by atoms with Gasteiger partial charge in [0.25, 0.3) is 0 Å². The highest BCUT2D eigenvalue weighted by Gasteiger charge is 2.27. The number of piperazine rings is 1. The molecule has 2 aromatic carbocycles. The number of benzene rings is 2. The number of nitrogens with zero attached hydrogens (tertiary/aromatic N) is 2. The average Bonchev–Trinajstić information content (AvgIpc) is 2.91. The first-order valence-corrected chi connectivity index (χ1v) is 8.41. The van der Waals surface area contributed by atoms with Crippen LogP contribution in [-0.4, -0.2) is 49.0 Å². The van der Waals surface area contributed by atoms with Crippen LogP contribution in [-0.2, 0) is 0 Å². The highest BCUT2D eigenvalue weighted by molar-refractivity contribution is 6.14. The Labute approximate surface area is 146 Å². The minimum absolute atomic E-state index is 0.0873. The van der Waals surface area contributed by atoms with Crippen LogP contribution < -0.4 is 9.64 Å². The standard InChI is InChI=1S/C20H20N2O3/c1-21-8-10-22(11-9-21)15-4-2-14(3-5-15)12-19-20(24)17-7-6-16(23)13-18(17)25-19/h2-7,12-13,23H,8-11H2,1H3/b19-12-. The maximum Gasteiger partial charge on any atom is 0.231 e. The Kier molecular flexibility index (Phi) is 3.93. The Morgan fingerprint density at radius 3 is 2.48 bits per heavy atom. The van der Waals surface area contributed by atoms with Crippen LogP contribution in [0.1, 0.15) is 15.9 Å². The lowest BCUT2D eigenvalue weighted by Gasteiger charge is -2.34. The van der Waals surface area contributed by atoms with E-state index in [4.69, 9.17) is 4.74 Å². The monoisotopic (exact) mass is 336 g/mol. The van der Waals surface area contributed by atoms with E-state index in [1.807, 2.05) is 12.1 Å². The molecule has 2 aliphatic rings. The van der Waals surface area contributed by atoms with Crippen LogP contribution in [0.15, 0.2) is 48.2 Å². The molecule has 0 atom stereocenters. The van der Waals surface area contributed by atoms with Gasteiger partial charge in [-0.1, -0.05) is 12.1 Å². The number of carbonyl (C=O) groups excluding carboxylic acids is 1. The number of fused-ring (bicyclic) bond motifs is 1. The average molecular weight is 336 g/mol. The van der Waals surface area contributed by atoms with Crippen LogP contribution in [0, 0.1) is 0 Å². The topological polar surface area (TPSA) is 53.0 Å². The minimum atomic E-state index is -0.154. The van der Waals surface area contributed by atoms with E-state index in [2.05, 4.69) is 29.0 Å². The molecule has 5 nitrogen and oxygen atoms in total. The minimum Gasteiger partial charge on any atom is -0.508 e. The fourth-order valence-corrected chi connectivity index (χ4v) is 3.17. The van der Waals surface area contributed by atoms with Crippen LogP contribution in [0.3, 0.4) is 0 Å². The number of rotatable bonds is 2. The van der Waals surface area contributed by atoms with E-state index >= 15 is 0 Å². The van der Waals surface area contributed by atoms with E-state index < -0.39 is 0 Å². The van der Waals surface area contributed by atoms with Crippen molar-refractivity contribution < 1.29 is 14.6 Å². The van der Waals surface area contributed by atoms with Crippen LogP contribution in [0.2, 0.25) is 0 Å². The molecule has 0 spiro atoms. The Balaban J connectivity index is 1.52. The summed E-state index contributed by atoms with van der Waals surface area (Å²) in [6.07, 6.45) is 1.74. The van der Waals surface area contributed by atoms with Crippen LogP contribution in [0.25, 0.3) is 6.08 Å². The number of ketones is 1. The second kappa shape index (κ2) is 6.26. The number of Topliss-reactive ketones (excluding diaryl/α,β-unsaturated/α-hetero) is 1. The smallest absolute Gasteiger partial charge is 0.231 e. The first-order chi connectivity index (χ1) is 12.1. The molecule has 0 unspecified atom stereocenters. The van der Waals surface area contributed by atoms with Gasteiger partial charge < -0.3 is 19.6 Å². The zero-order valence-electron chi connectivity index (χ0n) is 14.1. The number of phenolic OH excluding ortho intramolecular Hbond substituents is 1. The lowest BCUT2D eigenvalue weighted by Crippen LogP contribution is -2.44. The van der Waals surface area contributed by atoms with E-state index in [0.717, 1.165) is 31.7 Å². The van der Waals surface area contributed by atoms with Crippen molar-refractivity contribution in [3.05, 3.63) is 59.4 Å².